The Hall–Kier alpha value is -0.790. The molecule has 0 aliphatic rings. The Balaban J connectivity index is 2.39. The molecule has 0 saturated heterocycles. The summed E-state index contributed by atoms with van der Waals surface area (Å²) in [4.78, 5) is 0. The van der Waals surface area contributed by atoms with E-state index in [9.17, 15) is 13.2 Å². The van der Waals surface area contributed by atoms with E-state index in [1.54, 1.807) is 13.0 Å². The average molecular weight is 426 g/mol. The first kappa shape index (κ1) is 16.6. The van der Waals surface area contributed by atoms with Crippen molar-refractivity contribution in [3.63, 3.8) is 0 Å². The third kappa shape index (κ3) is 3.70. The van der Waals surface area contributed by atoms with Crippen LogP contribution in [0.5, 0.6) is 0 Å². The Labute approximate surface area is 139 Å². The van der Waals surface area contributed by atoms with Gasteiger partial charge in [-0.3, -0.25) is 0 Å². The molecule has 1 nitrogen and oxygen atoms in total. The van der Waals surface area contributed by atoms with E-state index in [-0.39, 0.29) is 0 Å². The molecular weight excluding hydrogens is 414 g/mol. The third-order valence-electron chi connectivity index (χ3n) is 3.23. The summed E-state index contributed by atoms with van der Waals surface area (Å²) in [5.41, 5.74) is 7.41. The van der Waals surface area contributed by atoms with Gasteiger partial charge < -0.3 is 5.73 Å². The number of hydrogen-bond acceptors (Lipinski definition) is 1. The molecule has 0 radical (unpaired) electrons. The van der Waals surface area contributed by atoms with E-state index in [4.69, 9.17) is 17.3 Å². The van der Waals surface area contributed by atoms with E-state index >= 15 is 0 Å². The van der Waals surface area contributed by atoms with E-state index in [1.165, 1.54) is 6.07 Å². The van der Waals surface area contributed by atoms with Gasteiger partial charge in [0, 0.05) is 3.57 Å². The first-order valence-corrected chi connectivity index (χ1v) is 7.54. The van der Waals surface area contributed by atoms with Crippen LogP contribution in [0.1, 0.15) is 28.3 Å². The van der Waals surface area contributed by atoms with Crippen molar-refractivity contribution >= 4 is 34.2 Å². The van der Waals surface area contributed by atoms with Crippen molar-refractivity contribution in [2.24, 2.45) is 5.73 Å². The van der Waals surface area contributed by atoms with Crippen molar-refractivity contribution in [3.8, 4) is 0 Å². The van der Waals surface area contributed by atoms with Crippen LogP contribution in [0.15, 0.2) is 36.4 Å². The molecule has 0 aliphatic carbocycles. The molecule has 1 unspecified atom stereocenters. The molecule has 112 valence electrons. The molecule has 0 aliphatic heterocycles. The monoisotopic (exact) mass is 425 g/mol. The fourth-order valence-corrected chi connectivity index (χ4v) is 2.61. The van der Waals surface area contributed by atoms with Crippen LogP contribution in [-0.2, 0) is 6.18 Å². The molecule has 0 amide bonds. The summed E-state index contributed by atoms with van der Waals surface area (Å²) in [6.45, 7) is 1.62. The van der Waals surface area contributed by atoms with Gasteiger partial charge in [-0.2, -0.15) is 13.2 Å². The second-order valence-corrected chi connectivity index (χ2v) is 6.29. The molecule has 2 aromatic rings. The van der Waals surface area contributed by atoms with Gasteiger partial charge in [0.1, 0.15) is 0 Å². The van der Waals surface area contributed by atoms with E-state index in [0.717, 1.165) is 21.3 Å². The Bertz CT molecular complexity index is 670. The van der Waals surface area contributed by atoms with Crippen molar-refractivity contribution in [2.75, 3.05) is 0 Å². The van der Waals surface area contributed by atoms with E-state index in [0.29, 0.717) is 16.1 Å². The Morgan fingerprint density at radius 2 is 1.81 bits per heavy atom. The molecule has 21 heavy (non-hydrogen) atoms. The van der Waals surface area contributed by atoms with Gasteiger partial charge in [-0.1, -0.05) is 23.7 Å². The first-order valence-electron chi connectivity index (χ1n) is 6.08. The lowest BCUT2D eigenvalue weighted by molar-refractivity contribution is -0.137. The van der Waals surface area contributed by atoms with Crippen LogP contribution < -0.4 is 5.73 Å². The molecule has 6 heteroatoms. The largest absolute Gasteiger partial charge is 0.416 e. The summed E-state index contributed by atoms with van der Waals surface area (Å²) in [5.74, 6) is 0. The minimum absolute atomic E-state index is 0.506. The minimum Gasteiger partial charge on any atom is -0.320 e. The van der Waals surface area contributed by atoms with Crippen molar-refractivity contribution < 1.29 is 13.2 Å². The van der Waals surface area contributed by atoms with Crippen molar-refractivity contribution in [2.45, 2.75) is 19.1 Å². The summed E-state index contributed by atoms with van der Waals surface area (Å²) < 4.78 is 38.9. The predicted octanol–water partition coefficient (Wildman–Crippen LogP) is 5.32. The second-order valence-electron chi connectivity index (χ2n) is 4.72. The number of aryl methyl sites for hydroxylation is 1. The van der Waals surface area contributed by atoms with Gasteiger partial charge in [0.05, 0.1) is 16.6 Å². The molecule has 0 spiro atoms. The lowest BCUT2D eigenvalue weighted by Crippen LogP contribution is -2.14. The number of benzene rings is 2. The first-order chi connectivity index (χ1) is 9.70. The Morgan fingerprint density at radius 1 is 1.14 bits per heavy atom. The zero-order chi connectivity index (χ0) is 15.8. The SMILES string of the molecule is Cc1cc(C(F)(F)F)ccc1C(N)c1ccc(I)c(Cl)c1. The highest BCUT2D eigenvalue weighted by atomic mass is 127. The van der Waals surface area contributed by atoms with Crippen molar-refractivity contribution in [1.82, 2.24) is 0 Å². The van der Waals surface area contributed by atoms with Crippen LogP contribution in [0.2, 0.25) is 5.02 Å². The second kappa shape index (κ2) is 6.14. The Morgan fingerprint density at radius 3 is 2.33 bits per heavy atom. The molecule has 0 fully saturated rings. The third-order valence-corrected chi connectivity index (χ3v) is 4.81. The van der Waals surface area contributed by atoms with Gasteiger partial charge in [-0.05, 0) is 70.5 Å². The predicted molar refractivity (Wildman–Crippen MR) is 86.4 cm³/mol. The Kier molecular flexibility index (Phi) is 4.85. The molecule has 0 saturated carbocycles. The van der Waals surface area contributed by atoms with E-state index < -0.39 is 17.8 Å². The zero-order valence-corrected chi connectivity index (χ0v) is 13.9. The standard InChI is InChI=1S/C15H12ClF3IN/c1-8-6-10(15(17,18)19)3-4-11(8)14(21)9-2-5-13(20)12(16)7-9/h2-7,14H,21H2,1H3. The molecule has 0 aromatic heterocycles. The molecule has 2 rings (SSSR count). The molecule has 0 bridgehead atoms. The molecular formula is C15H12ClF3IN. The highest BCUT2D eigenvalue weighted by Gasteiger charge is 2.31. The summed E-state index contributed by atoms with van der Waals surface area (Å²) in [6.07, 6.45) is -4.35. The number of nitrogens with two attached hydrogens (primary N) is 1. The zero-order valence-electron chi connectivity index (χ0n) is 11.0. The quantitative estimate of drug-likeness (QED) is 0.648. The number of rotatable bonds is 2. The molecule has 0 heterocycles. The van der Waals surface area contributed by atoms with E-state index in [2.05, 4.69) is 22.6 Å². The smallest absolute Gasteiger partial charge is 0.320 e. The van der Waals surface area contributed by atoms with Gasteiger partial charge in [0.2, 0.25) is 0 Å². The minimum atomic E-state index is -4.35. The van der Waals surface area contributed by atoms with Crippen LogP contribution in [0.3, 0.4) is 0 Å². The van der Waals surface area contributed by atoms with Crippen molar-refractivity contribution in [3.05, 3.63) is 67.2 Å². The van der Waals surface area contributed by atoms with Gasteiger partial charge >= 0.3 is 6.18 Å². The number of hydrogen-bond donors (Lipinski definition) is 1. The maximum absolute atomic E-state index is 12.7. The molecule has 1 atom stereocenters. The van der Waals surface area contributed by atoms with Crippen LogP contribution >= 0.6 is 34.2 Å². The van der Waals surface area contributed by atoms with Gasteiger partial charge in [0.25, 0.3) is 0 Å². The highest BCUT2D eigenvalue weighted by molar-refractivity contribution is 14.1. The van der Waals surface area contributed by atoms with Gasteiger partial charge in [0.15, 0.2) is 0 Å². The number of halogens is 5. The van der Waals surface area contributed by atoms with Crippen LogP contribution in [0, 0.1) is 10.5 Å². The fourth-order valence-electron chi connectivity index (χ4n) is 2.09. The number of alkyl halides is 3. The summed E-state index contributed by atoms with van der Waals surface area (Å²) >= 11 is 8.16. The summed E-state index contributed by atoms with van der Waals surface area (Å²) in [5, 5.41) is 0.577. The lowest BCUT2D eigenvalue weighted by Gasteiger charge is -2.17. The van der Waals surface area contributed by atoms with Gasteiger partial charge in [-0.15, -0.1) is 0 Å². The fraction of sp³-hybridized carbons (Fsp3) is 0.200. The van der Waals surface area contributed by atoms with Gasteiger partial charge in [-0.25, -0.2) is 0 Å². The molecule has 2 aromatic carbocycles. The van der Waals surface area contributed by atoms with Crippen LogP contribution in [0.25, 0.3) is 0 Å². The van der Waals surface area contributed by atoms with E-state index in [1.807, 2.05) is 12.1 Å². The summed E-state index contributed by atoms with van der Waals surface area (Å²) in [6, 6.07) is 8.48. The maximum Gasteiger partial charge on any atom is 0.416 e. The lowest BCUT2D eigenvalue weighted by atomic mass is 9.94. The molecule has 2 N–H and O–H groups in total. The normalized spacial score (nSPS) is 13.3. The summed E-state index contributed by atoms with van der Waals surface area (Å²) in [7, 11) is 0. The highest BCUT2D eigenvalue weighted by Crippen LogP contribution is 2.33. The van der Waals surface area contributed by atoms with Crippen LogP contribution in [-0.4, -0.2) is 0 Å². The topological polar surface area (TPSA) is 26.0 Å². The van der Waals surface area contributed by atoms with Crippen molar-refractivity contribution in [1.29, 1.82) is 0 Å². The van der Waals surface area contributed by atoms with Crippen LogP contribution in [0.4, 0.5) is 13.2 Å². The average Bonchev–Trinajstić information content (AvgIpc) is 2.40. The maximum atomic E-state index is 12.7.